The van der Waals surface area contributed by atoms with Gasteiger partial charge in [0.15, 0.2) is 6.10 Å². The van der Waals surface area contributed by atoms with E-state index in [9.17, 15) is 13.2 Å². The summed E-state index contributed by atoms with van der Waals surface area (Å²) in [5, 5.41) is 16.8. The number of carbonyl (C=O) groups is 1. The van der Waals surface area contributed by atoms with Crippen LogP contribution in [-0.4, -0.2) is 61.1 Å². The smallest absolute Gasteiger partial charge is 0.344 e. The molecule has 1 heterocycles. The number of benzene rings is 1. The van der Waals surface area contributed by atoms with Crippen molar-refractivity contribution < 1.29 is 23.1 Å². The van der Waals surface area contributed by atoms with Crippen LogP contribution in [-0.2, 0) is 14.8 Å². The van der Waals surface area contributed by atoms with E-state index < -0.39 is 22.1 Å². The lowest BCUT2D eigenvalue weighted by molar-refractivity contribution is -0.144. The molecule has 0 aliphatic heterocycles. The number of rotatable bonds is 7. The summed E-state index contributed by atoms with van der Waals surface area (Å²) in [5.41, 5.74) is 0.630. The fourth-order valence-electron chi connectivity index (χ4n) is 1.56. The van der Waals surface area contributed by atoms with Gasteiger partial charge in [0.2, 0.25) is 0 Å². The van der Waals surface area contributed by atoms with E-state index in [1.54, 1.807) is 38.4 Å². The molecule has 1 unspecified atom stereocenters. The van der Waals surface area contributed by atoms with Crippen LogP contribution in [0.15, 0.2) is 33.0 Å². The minimum Gasteiger partial charge on any atom is -0.479 e. The van der Waals surface area contributed by atoms with Crippen LogP contribution in [0.3, 0.4) is 0 Å². The summed E-state index contributed by atoms with van der Waals surface area (Å²) in [4.78, 5) is 12.3. The third-order valence-electron chi connectivity index (χ3n) is 2.81. The van der Waals surface area contributed by atoms with Gasteiger partial charge in [0, 0.05) is 19.7 Å². The van der Waals surface area contributed by atoms with Gasteiger partial charge >= 0.3 is 16.0 Å². The molecule has 1 aromatic carbocycles. The average Bonchev–Trinajstić information content (AvgIpc) is 3.04. The second-order valence-electron chi connectivity index (χ2n) is 5.16. The number of aromatic nitrogens is 2. The van der Waals surface area contributed by atoms with Crippen molar-refractivity contribution in [3.05, 3.63) is 24.3 Å². The predicted octanol–water partition coefficient (Wildman–Crippen LogP) is 1.34. The Kier molecular flexibility index (Phi) is 5.69. The van der Waals surface area contributed by atoms with Crippen LogP contribution < -0.4 is 4.74 Å². The van der Waals surface area contributed by atoms with Gasteiger partial charge in [0.25, 0.3) is 4.34 Å². The van der Waals surface area contributed by atoms with Crippen molar-refractivity contribution in [2.75, 3.05) is 14.1 Å². The average molecular weight is 384 g/mol. The first-order valence-corrected chi connectivity index (χ1v) is 9.25. The first kappa shape index (κ1) is 18.8. The van der Waals surface area contributed by atoms with Crippen molar-refractivity contribution in [1.29, 1.82) is 0 Å². The first-order valence-electron chi connectivity index (χ1n) is 6.99. The first-order chi connectivity index (χ1) is 11.7. The molecule has 0 saturated heterocycles. The number of nitrogens with zero attached hydrogens (tertiary/aromatic N) is 4. The second-order valence-corrected chi connectivity index (χ2v) is 7.94. The molecule has 0 saturated carbocycles. The Labute approximate surface area is 148 Å². The summed E-state index contributed by atoms with van der Waals surface area (Å²) in [5.74, 6) is -0.687. The number of sulfonamides is 1. The summed E-state index contributed by atoms with van der Waals surface area (Å²) >= 11 is 0.892. The molecule has 0 spiro atoms. The van der Waals surface area contributed by atoms with E-state index in [1.165, 1.54) is 18.2 Å². The molecule has 9 nitrogen and oxygen atoms in total. The Balaban J connectivity index is 2.18. The zero-order chi connectivity index (χ0) is 18.6. The van der Waals surface area contributed by atoms with Crippen molar-refractivity contribution in [2.24, 2.45) is 4.40 Å². The largest absolute Gasteiger partial charge is 0.479 e. The molecular formula is C14H16N4O5S2. The monoisotopic (exact) mass is 384 g/mol. The van der Waals surface area contributed by atoms with Gasteiger partial charge in [0.1, 0.15) is 17.1 Å². The number of carboxylic acids is 1. The minimum absolute atomic E-state index is 0.208. The summed E-state index contributed by atoms with van der Waals surface area (Å²) in [6.45, 7) is 1.42. The molecule has 2 aromatic rings. The number of hydrogen-bond donors (Lipinski definition) is 1. The maximum Gasteiger partial charge on any atom is 0.344 e. The predicted molar refractivity (Wildman–Crippen MR) is 92.4 cm³/mol. The minimum atomic E-state index is -3.89. The Bertz CT molecular complexity index is 875. The van der Waals surface area contributed by atoms with Crippen molar-refractivity contribution in [3.63, 3.8) is 0 Å². The summed E-state index contributed by atoms with van der Waals surface area (Å²) < 4.78 is 32.6. The van der Waals surface area contributed by atoms with Crippen molar-refractivity contribution >= 4 is 33.7 Å². The van der Waals surface area contributed by atoms with Crippen molar-refractivity contribution in [1.82, 2.24) is 15.1 Å². The Morgan fingerprint density at radius 2 is 1.96 bits per heavy atom. The molecular weight excluding hydrogens is 368 g/mol. The van der Waals surface area contributed by atoms with Crippen LogP contribution in [0.2, 0.25) is 0 Å². The van der Waals surface area contributed by atoms with E-state index >= 15 is 0 Å². The van der Waals surface area contributed by atoms with E-state index in [1.807, 2.05) is 0 Å². The zero-order valence-corrected chi connectivity index (χ0v) is 15.3. The van der Waals surface area contributed by atoms with Gasteiger partial charge < -0.3 is 14.7 Å². The SMILES string of the molecule is CC(Oc1ccc(-c2nnc(S(=O)(=O)N=CN(C)C)s2)cc1)C(=O)O. The Morgan fingerprint density at radius 1 is 1.32 bits per heavy atom. The van der Waals surface area contributed by atoms with Crippen molar-refractivity contribution in [2.45, 2.75) is 17.4 Å². The molecule has 11 heteroatoms. The van der Waals surface area contributed by atoms with Crippen LogP contribution in [0.1, 0.15) is 6.92 Å². The molecule has 2 rings (SSSR count). The van der Waals surface area contributed by atoms with Crippen LogP contribution in [0, 0.1) is 0 Å². The molecule has 1 aromatic heterocycles. The van der Waals surface area contributed by atoms with E-state index in [0.717, 1.165) is 11.3 Å². The molecule has 1 atom stereocenters. The molecule has 0 aliphatic carbocycles. The standard InChI is InChI=1S/C14H16N4O5S2/c1-9(13(19)20)23-11-6-4-10(5-7-11)12-16-17-14(24-12)25(21,22)15-8-18(2)3/h4-9H,1-3H3,(H,19,20). The summed E-state index contributed by atoms with van der Waals surface area (Å²) in [7, 11) is -0.589. The summed E-state index contributed by atoms with van der Waals surface area (Å²) in [6, 6.07) is 6.44. The molecule has 0 radical (unpaired) electrons. The third kappa shape index (κ3) is 4.97. The van der Waals surface area contributed by atoms with E-state index in [-0.39, 0.29) is 4.34 Å². The number of ether oxygens (including phenoxy) is 1. The lowest BCUT2D eigenvalue weighted by atomic mass is 10.2. The number of carboxylic acid groups (broad SMARTS) is 1. The maximum absolute atomic E-state index is 12.0. The Hall–Kier alpha value is -2.53. The van der Waals surface area contributed by atoms with E-state index in [0.29, 0.717) is 16.3 Å². The van der Waals surface area contributed by atoms with Gasteiger partial charge in [-0.2, -0.15) is 8.42 Å². The van der Waals surface area contributed by atoms with Crippen LogP contribution in [0.4, 0.5) is 0 Å². The van der Waals surface area contributed by atoms with E-state index in [4.69, 9.17) is 9.84 Å². The van der Waals surface area contributed by atoms with Gasteiger partial charge in [-0.05, 0) is 31.2 Å². The number of aliphatic carboxylic acids is 1. The molecule has 0 bridgehead atoms. The molecule has 25 heavy (non-hydrogen) atoms. The zero-order valence-electron chi connectivity index (χ0n) is 13.6. The Morgan fingerprint density at radius 3 is 2.52 bits per heavy atom. The van der Waals surface area contributed by atoms with Gasteiger partial charge in [-0.1, -0.05) is 11.3 Å². The van der Waals surface area contributed by atoms with Gasteiger partial charge in [-0.3, -0.25) is 0 Å². The highest BCUT2D eigenvalue weighted by molar-refractivity contribution is 7.92. The normalized spacial score (nSPS) is 12.9. The van der Waals surface area contributed by atoms with Crippen LogP contribution in [0.25, 0.3) is 10.6 Å². The highest BCUT2D eigenvalue weighted by Gasteiger charge is 2.20. The van der Waals surface area contributed by atoms with Crippen LogP contribution >= 0.6 is 11.3 Å². The second kappa shape index (κ2) is 7.57. The lowest BCUT2D eigenvalue weighted by Gasteiger charge is -2.10. The fraction of sp³-hybridized carbons (Fsp3) is 0.286. The third-order valence-corrected chi connectivity index (χ3v) is 5.35. The maximum atomic E-state index is 12.0. The number of hydrogen-bond acceptors (Lipinski definition) is 7. The molecule has 1 N–H and O–H groups in total. The fourth-order valence-corrected chi connectivity index (χ4v) is 3.48. The van der Waals surface area contributed by atoms with Crippen molar-refractivity contribution in [3.8, 4) is 16.3 Å². The molecule has 0 aliphatic rings. The lowest BCUT2D eigenvalue weighted by Crippen LogP contribution is -2.22. The van der Waals surface area contributed by atoms with Gasteiger partial charge in [-0.25, -0.2) is 4.79 Å². The molecule has 0 amide bonds. The van der Waals surface area contributed by atoms with E-state index in [2.05, 4.69) is 14.6 Å². The molecule has 134 valence electrons. The van der Waals surface area contributed by atoms with Gasteiger partial charge in [-0.15, -0.1) is 14.6 Å². The molecule has 0 fully saturated rings. The quantitative estimate of drug-likeness (QED) is 0.560. The van der Waals surface area contributed by atoms with Crippen LogP contribution in [0.5, 0.6) is 5.75 Å². The highest BCUT2D eigenvalue weighted by Crippen LogP contribution is 2.28. The highest BCUT2D eigenvalue weighted by atomic mass is 32.2. The van der Waals surface area contributed by atoms with Gasteiger partial charge in [0.05, 0.1) is 0 Å². The topological polar surface area (TPSA) is 122 Å². The summed E-state index contributed by atoms with van der Waals surface area (Å²) in [6.07, 6.45) is 0.199.